The highest BCUT2D eigenvalue weighted by Crippen LogP contribution is 2.47. The van der Waals surface area contributed by atoms with Crippen molar-refractivity contribution in [3.63, 3.8) is 0 Å². The monoisotopic (exact) mass is 579 g/mol. The highest BCUT2D eigenvalue weighted by Gasteiger charge is 2.28. The molecule has 1 aliphatic heterocycles. The molecule has 0 radical (unpaired) electrons. The zero-order chi connectivity index (χ0) is 30.0. The molecule has 0 bridgehead atoms. The standard InChI is InChI=1S/C30H29NO11/c1-34-20-10-8-18-25(27(20)38-5)24(17-7-9-19-21(13-17)41-15-40-19)28(42-30(33)39-6)29(32)31(18)14-16-11-22(35-2)26(37-4)23(12-16)36-3/h7-13H,14-15H2,1-6H3. The second-order valence-corrected chi connectivity index (χ2v) is 8.95. The SMILES string of the molecule is COC(=O)Oc1c(-c2ccc3c(c2)OCO3)c2c(OC)c(OC)ccc2n(Cc2cc(OC)c(OC)c(OC)c2)c1=O. The van der Waals surface area contributed by atoms with E-state index in [-0.39, 0.29) is 24.7 Å². The number of hydrogen-bond donors (Lipinski definition) is 0. The van der Waals surface area contributed by atoms with E-state index in [4.69, 9.17) is 42.6 Å². The van der Waals surface area contributed by atoms with Gasteiger partial charge in [-0.25, -0.2) is 4.79 Å². The summed E-state index contributed by atoms with van der Waals surface area (Å²) in [7, 11) is 8.65. The molecule has 4 aromatic rings. The lowest BCUT2D eigenvalue weighted by Crippen LogP contribution is -2.26. The third-order valence-electron chi connectivity index (χ3n) is 6.81. The normalized spacial score (nSPS) is 11.7. The number of ether oxygens (including phenoxy) is 9. The van der Waals surface area contributed by atoms with Crippen LogP contribution in [0, 0.1) is 0 Å². The van der Waals surface area contributed by atoms with Crippen molar-refractivity contribution in [1.29, 1.82) is 0 Å². The molecular formula is C30H29NO11. The molecule has 5 rings (SSSR count). The molecule has 0 N–H and O–H groups in total. The van der Waals surface area contributed by atoms with E-state index in [1.165, 1.54) is 40.1 Å². The minimum atomic E-state index is -1.07. The Labute approximate surface area is 240 Å². The quantitative estimate of drug-likeness (QED) is 0.258. The maximum Gasteiger partial charge on any atom is 0.513 e. The van der Waals surface area contributed by atoms with Crippen molar-refractivity contribution in [1.82, 2.24) is 4.57 Å². The number of carbonyl (C=O) groups excluding carboxylic acids is 1. The molecule has 0 amide bonds. The van der Waals surface area contributed by atoms with E-state index in [0.29, 0.717) is 62.3 Å². The number of fused-ring (bicyclic) bond motifs is 2. The van der Waals surface area contributed by atoms with Gasteiger partial charge in [0.25, 0.3) is 5.56 Å². The first-order valence-corrected chi connectivity index (χ1v) is 12.6. The van der Waals surface area contributed by atoms with Gasteiger partial charge in [0.1, 0.15) is 0 Å². The fourth-order valence-electron chi connectivity index (χ4n) is 4.95. The van der Waals surface area contributed by atoms with Gasteiger partial charge in [-0.2, -0.15) is 0 Å². The van der Waals surface area contributed by atoms with Gasteiger partial charge in [0.05, 0.1) is 60.1 Å². The first-order chi connectivity index (χ1) is 20.4. The van der Waals surface area contributed by atoms with Crippen molar-refractivity contribution in [2.45, 2.75) is 6.54 Å². The molecule has 0 atom stereocenters. The van der Waals surface area contributed by atoms with Crippen molar-refractivity contribution in [2.75, 3.05) is 49.5 Å². The van der Waals surface area contributed by atoms with Gasteiger partial charge in [0.15, 0.2) is 34.5 Å². The topological polar surface area (TPSA) is 122 Å². The highest BCUT2D eigenvalue weighted by molar-refractivity contribution is 6.04. The summed E-state index contributed by atoms with van der Waals surface area (Å²) >= 11 is 0. The number of pyridine rings is 1. The summed E-state index contributed by atoms with van der Waals surface area (Å²) in [5.74, 6) is 2.65. The van der Waals surface area contributed by atoms with Crippen LogP contribution in [-0.4, -0.2) is 60.2 Å². The Kier molecular flexibility index (Phi) is 7.87. The van der Waals surface area contributed by atoms with Gasteiger partial charge in [-0.05, 0) is 47.5 Å². The smallest absolute Gasteiger partial charge is 0.493 e. The lowest BCUT2D eigenvalue weighted by Gasteiger charge is -2.21. The molecule has 220 valence electrons. The molecular weight excluding hydrogens is 550 g/mol. The van der Waals surface area contributed by atoms with Gasteiger partial charge < -0.3 is 47.2 Å². The second-order valence-electron chi connectivity index (χ2n) is 8.95. The number of hydrogen-bond acceptors (Lipinski definition) is 11. The highest BCUT2D eigenvalue weighted by atomic mass is 16.7. The minimum absolute atomic E-state index is 0.0283. The van der Waals surface area contributed by atoms with Gasteiger partial charge in [-0.3, -0.25) is 4.79 Å². The van der Waals surface area contributed by atoms with Gasteiger partial charge in [-0.15, -0.1) is 0 Å². The Morgan fingerprint density at radius 1 is 0.762 bits per heavy atom. The fraction of sp³-hybridized carbons (Fsp3) is 0.267. The van der Waals surface area contributed by atoms with Gasteiger partial charge in [0, 0.05) is 5.56 Å². The molecule has 0 spiro atoms. The van der Waals surface area contributed by atoms with E-state index < -0.39 is 11.7 Å². The maximum absolute atomic E-state index is 14.3. The fourth-order valence-corrected chi connectivity index (χ4v) is 4.95. The lowest BCUT2D eigenvalue weighted by atomic mass is 9.98. The van der Waals surface area contributed by atoms with Crippen molar-refractivity contribution in [3.05, 3.63) is 58.4 Å². The molecule has 12 heteroatoms. The third-order valence-corrected chi connectivity index (χ3v) is 6.81. The molecule has 1 aromatic heterocycles. The van der Waals surface area contributed by atoms with Crippen LogP contribution in [-0.2, 0) is 11.3 Å². The molecule has 0 aliphatic carbocycles. The molecule has 0 saturated carbocycles. The molecule has 3 aromatic carbocycles. The number of aromatic nitrogens is 1. The van der Waals surface area contributed by atoms with E-state index in [0.717, 1.165) is 7.11 Å². The summed E-state index contributed by atoms with van der Waals surface area (Å²) in [6, 6.07) is 12.0. The summed E-state index contributed by atoms with van der Waals surface area (Å²) in [5.41, 5.74) is 1.28. The van der Waals surface area contributed by atoms with Crippen LogP contribution >= 0.6 is 0 Å². The summed E-state index contributed by atoms with van der Waals surface area (Å²) in [6.45, 7) is 0.0824. The Morgan fingerprint density at radius 2 is 1.43 bits per heavy atom. The zero-order valence-electron chi connectivity index (χ0n) is 23.9. The first-order valence-electron chi connectivity index (χ1n) is 12.6. The van der Waals surface area contributed by atoms with Crippen LogP contribution in [0.5, 0.6) is 46.0 Å². The molecule has 1 aliphatic rings. The van der Waals surface area contributed by atoms with Crippen LogP contribution < -0.4 is 43.5 Å². The largest absolute Gasteiger partial charge is 0.513 e. The average molecular weight is 580 g/mol. The van der Waals surface area contributed by atoms with Crippen molar-refractivity contribution in [2.24, 2.45) is 0 Å². The van der Waals surface area contributed by atoms with E-state index in [1.54, 1.807) is 42.5 Å². The van der Waals surface area contributed by atoms with Crippen LogP contribution in [0.2, 0.25) is 0 Å². The first kappa shape index (κ1) is 28.3. The van der Waals surface area contributed by atoms with Crippen LogP contribution in [0.1, 0.15) is 5.56 Å². The van der Waals surface area contributed by atoms with Crippen LogP contribution in [0.25, 0.3) is 22.0 Å². The van der Waals surface area contributed by atoms with Crippen LogP contribution in [0.3, 0.4) is 0 Å². The second kappa shape index (κ2) is 11.7. The summed E-state index contributed by atoms with van der Waals surface area (Å²) in [5, 5.41) is 0.446. The Morgan fingerprint density at radius 3 is 2.05 bits per heavy atom. The number of carbonyl (C=O) groups is 1. The van der Waals surface area contributed by atoms with Crippen molar-refractivity contribution < 1.29 is 47.4 Å². The Bertz CT molecular complexity index is 1700. The predicted octanol–water partition coefficient (Wildman–Crippen LogP) is 4.63. The summed E-state index contributed by atoms with van der Waals surface area (Å²) in [6.07, 6.45) is -1.07. The van der Waals surface area contributed by atoms with Crippen molar-refractivity contribution in [3.8, 4) is 57.1 Å². The third kappa shape index (κ3) is 4.80. The molecule has 42 heavy (non-hydrogen) atoms. The zero-order valence-corrected chi connectivity index (χ0v) is 23.9. The van der Waals surface area contributed by atoms with Gasteiger partial charge in [-0.1, -0.05) is 6.07 Å². The number of rotatable bonds is 9. The minimum Gasteiger partial charge on any atom is -0.493 e. The Hall–Kier alpha value is -5.26. The maximum atomic E-state index is 14.3. The van der Waals surface area contributed by atoms with Gasteiger partial charge >= 0.3 is 6.16 Å². The lowest BCUT2D eigenvalue weighted by molar-refractivity contribution is 0.121. The summed E-state index contributed by atoms with van der Waals surface area (Å²) in [4.78, 5) is 26.8. The molecule has 0 saturated heterocycles. The predicted molar refractivity (Wildman–Crippen MR) is 151 cm³/mol. The summed E-state index contributed by atoms with van der Waals surface area (Å²) < 4.78 is 50.7. The van der Waals surface area contributed by atoms with Crippen LogP contribution in [0.4, 0.5) is 4.79 Å². The molecule has 0 fully saturated rings. The average Bonchev–Trinajstić information content (AvgIpc) is 3.49. The number of nitrogens with zero attached hydrogens (tertiary/aromatic N) is 1. The van der Waals surface area contributed by atoms with E-state index in [9.17, 15) is 9.59 Å². The van der Waals surface area contributed by atoms with E-state index in [2.05, 4.69) is 0 Å². The number of benzene rings is 3. The van der Waals surface area contributed by atoms with E-state index >= 15 is 0 Å². The van der Waals surface area contributed by atoms with Gasteiger partial charge in [0.2, 0.25) is 18.3 Å². The Balaban J connectivity index is 1.86. The molecule has 0 unspecified atom stereocenters. The van der Waals surface area contributed by atoms with Crippen LogP contribution in [0.15, 0.2) is 47.3 Å². The number of methoxy groups -OCH3 is 6. The van der Waals surface area contributed by atoms with Crippen molar-refractivity contribution >= 4 is 17.1 Å². The molecule has 2 heterocycles. The van der Waals surface area contributed by atoms with E-state index in [1.807, 2.05) is 0 Å². The molecule has 12 nitrogen and oxygen atoms in total.